The van der Waals surface area contributed by atoms with Crippen LogP contribution in [0.2, 0.25) is 0 Å². The minimum atomic E-state index is -0.301. The number of anilines is 1. The molecule has 0 aromatic heterocycles. The van der Waals surface area contributed by atoms with E-state index in [0.717, 1.165) is 30.4 Å². The lowest BCUT2D eigenvalue weighted by atomic mass is 9.87. The van der Waals surface area contributed by atoms with Crippen LogP contribution in [0.15, 0.2) is 48.5 Å². The van der Waals surface area contributed by atoms with Crippen LogP contribution in [0.1, 0.15) is 62.7 Å². The van der Waals surface area contributed by atoms with Gasteiger partial charge in [0.1, 0.15) is 11.5 Å². The highest BCUT2D eigenvalue weighted by molar-refractivity contribution is 7.80. The van der Waals surface area contributed by atoms with Gasteiger partial charge in [-0.3, -0.25) is 10.1 Å². The second-order valence-electron chi connectivity index (χ2n) is 8.77. The van der Waals surface area contributed by atoms with E-state index >= 15 is 0 Å². The van der Waals surface area contributed by atoms with Gasteiger partial charge < -0.3 is 14.8 Å². The minimum Gasteiger partial charge on any atom is -0.494 e. The largest absolute Gasteiger partial charge is 0.494 e. The summed E-state index contributed by atoms with van der Waals surface area (Å²) in [6.45, 7) is 5.43. The van der Waals surface area contributed by atoms with Crippen molar-refractivity contribution in [3.8, 4) is 11.5 Å². The monoisotopic (exact) mass is 454 g/mol. The fraction of sp³-hybridized carbons (Fsp3) is 0.462. The van der Waals surface area contributed by atoms with Gasteiger partial charge in [0.2, 0.25) is 0 Å². The third-order valence-electron chi connectivity index (χ3n) is 5.56. The summed E-state index contributed by atoms with van der Waals surface area (Å²) in [5.74, 6) is 2.28. The number of hydrogen-bond acceptors (Lipinski definition) is 4. The van der Waals surface area contributed by atoms with Crippen LogP contribution < -0.4 is 20.1 Å². The maximum absolute atomic E-state index is 12.7. The molecule has 0 radical (unpaired) electrons. The molecule has 0 spiro atoms. The van der Waals surface area contributed by atoms with Crippen LogP contribution in [-0.4, -0.2) is 24.2 Å². The van der Waals surface area contributed by atoms with Gasteiger partial charge in [-0.2, -0.15) is 0 Å². The molecule has 2 aromatic carbocycles. The lowest BCUT2D eigenvalue weighted by molar-refractivity contribution is 0.0973. The van der Waals surface area contributed by atoms with E-state index in [1.807, 2.05) is 30.3 Å². The van der Waals surface area contributed by atoms with Crippen molar-refractivity contribution >= 4 is 28.9 Å². The van der Waals surface area contributed by atoms with Crippen molar-refractivity contribution in [2.75, 3.05) is 18.5 Å². The Bertz CT molecular complexity index is 877. The Morgan fingerprint density at radius 2 is 1.75 bits per heavy atom. The Morgan fingerprint density at radius 1 is 1.03 bits per heavy atom. The van der Waals surface area contributed by atoms with E-state index in [4.69, 9.17) is 21.7 Å². The smallest absolute Gasteiger partial charge is 0.261 e. The fourth-order valence-corrected chi connectivity index (χ4v) is 4.03. The Hall–Kier alpha value is -2.60. The molecule has 2 aromatic rings. The van der Waals surface area contributed by atoms with Gasteiger partial charge in [-0.15, -0.1) is 0 Å². The van der Waals surface area contributed by atoms with Crippen molar-refractivity contribution in [2.24, 2.45) is 11.8 Å². The molecule has 1 aliphatic rings. The second kappa shape index (κ2) is 12.4. The van der Waals surface area contributed by atoms with Crippen LogP contribution in [0.3, 0.4) is 0 Å². The van der Waals surface area contributed by atoms with Gasteiger partial charge in [-0.1, -0.05) is 58.1 Å². The number of rotatable bonds is 9. The number of nitrogens with one attached hydrogen (secondary N) is 2. The number of benzene rings is 2. The van der Waals surface area contributed by atoms with E-state index in [1.165, 1.54) is 32.1 Å². The zero-order chi connectivity index (χ0) is 22.8. The number of amides is 1. The molecule has 0 atom stereocenters. The van der Waals surface area contributed by atoms with Gasteiger partial charge in [0, 0.05) is 5.69 Å². The molecule has 0 unspecified atom stereocenters. The molecule has 1 amide bonds. The Balaban J connectivity index is 1.46. The lowest BCUT2D eigenvalue weighted by Gasteiger charge is -2.21. The van der Waals surface area contributed by atoms with Crippen LogP contribution in [0.5, 0.6) is 11.5 Å². The number of para-hydroxylation sites is 1. The normalized spacial score (nSPS) is 14.1. The lowest BCUT2D eigenvalue weighted by Crippen LogP contribution is -2.34. The molecule has 0 saturated heterocycles. The number of carbonyl (C=O) groups excluding carboxylic acids is 1. The molecular formula is C26H34N2O3S. The van der Waals surface area contributed by atoms with Crippen LogP contribution in [-0.2, 0) is 0 Å². The van der Waals surface area contributed by atoms with Crippen molar-refractivity contribution in [1.29, 1.82) is 0 Å². The first-order chi connectivity index (χ1) is 15.5. The highest BCUT2D eigenvalue weighted by atomic mass is 32.1. The number of carbonyl (C=O) groups is 1. The zero-order valence-electron chi connectivity index (χ0n) is 19.1. The molecule has 32 heavy (non-hydrogen) atoms. The average molecular weight is 455 g/mol. The van der Waals surface area contributed by atoms with Gasteiger partial charge >= 0.3 is 0 Å². The predicted molar refractivity (Wildman–Crippen MR) is 134 cm³/mol. The SMILES string of the molecule is CC(C)COc1ccccc1C(=O)NC(=S)Nc1ccc(OCCC2CCCCC2)cc1. The van der Waals surface area contributed by atoms with E-state index in [0.29, 0.717) is 23.8 Å². The van der Waals surface area contributed by atoms with Crippen molar-refractivity contribution in [1.82, 2.24) is 5.32 Å². The summed E-state index contributed by atoms with van der Waals surface area (Å²) < 4.78 is 11.7. The van der Waals surface area contributed by atoms with Crippen molar-refractivity contribution in [2.45, 2.75) is 52.4 Å². The fourth-order valence-electron chi connectivity index (χ4n) is 3.82. The molecule has 3 rings (SSSR count). The van der Waals surface area contributed by atoms with Crippen LogP contribution in [0, 0.1) is 11.8 Å². The highest BCUT2D eigenvalue weighted by Gasteiger charge is 2.15. The maximum atomic E-state index is 12.7. The second-order valence-corrected chi connectivity index (χ2v) is 9.18. The van der Waals surface area contributed by atoms with Crippen LogP contribution in [0.25, 0.3) is 0 Å². The van der Waals surface area contributed by atoms with E-state index in [-0.39, 0.29) is 11.0 Å². The van der Waals surface area contributed by atoms with Gasteiger partial charge in [-0.05, 0) is 66.9 Å². The molecule has 1 aliphatic carbocycles. The van der Waals surface area contributed by atoms with Crippen LogP contribution in [0.4, 0.5) is 5.69 Å². The van der Waals surface area contributed by atoms with E-state index in [2.05, 4.69) is 24.5 Å². The summed E-state index contributed by atoms with van der Waals surface area (Å²) in [6.07, 6.45) is 7.90. The predicted octanol–water partition coefficient (Wildman–Crippen LogP) is 6.20. The van der Waals surface area contributed by atoms with E-state index < -0.39 is 0 Å². The Labute approximate surface area is 196 Å². The first-order valence-corrected chi connectivity index (χ1v) is 12.0. The maximum Gasteiger partial charge on any atom is 0.261 e. The average Bonchev–Trinajstić information content (AvgIpc) is 2.79. The molecule has 5 nitrogen and oxygen atoms in total. The third-order valence-corrected chi connectivity index (χ3v) is 5.77. The number of thiocarbonyl (C=S) groups is 1. The van der Waals surface area contributed by atoms with E-state index in [9.17, 15) is 4.79 Å². The molecule has 0 aliphatic heterocycles. The topological polar surface area (TPSA) is 59.6 Å². The van der Waals surface area contributed by atoms with Crippen molar-refractivity contribution in [3.05, 3.63) is 54.1 Å². The first-order valence-electron chi connectivity index (χ1n) is 11.6. The number of hydrogen-bond donors (Lipinski definition) is 2. The zero-order valence-corrected chi connectivity index (χ0v) is 19.9. The van der Waals surface area contributed by atoms with E-state index in [1.54, 1.807) is 18.2 Å². The Morgan fingerprint density at radius 3 is 2.47 bits per heavy atom. The summed E-state index contributed by atoms with van der Waals surface area (Å²) in [4.78, 5) is 12.7. The molecule has 1 fully saturated rings. The molecular weight excluding hydrogens is 420 g/mol. The minimum absolute atomic E-state index is 0.236. The number of ether oxygens (including phenoxy) is 2. The molecule has 0 bridgehead atoms. The van der Waals surface area contributed by atoms with Gasteiger partial charge in [0.15, 0.2) is 5.11 Å². The molecule has 2 N–H and O–H groups in total. The first kappa shape index (κ1) is 24.1. The van der Waals surface area contributed by atoms with Crippen LogP contribution >= 0.6 is 12.2 Å². The molecule has 6 heteroatoms. The summed E-state index contributed by atoms with van der Waals surface area (Å²) in [7, 11) is 0. The third kappa shape index (κ3) is 7.83. The molecule has 0 heterocycles. The molecule has 172 valence electrons. The van der Waals surface area contributed by atoms with Gasteiger partial charge in [-0.25, -0.2) is 0 Å². The van der Waals surface area contributed by atoms with Crippen molar-refractivity contribution < 1.29 is 14.3 Å². The quantitative estimate of drug-likeness (QED) is 0.442. The summed E-state index contributed by atoms with van der Waals surface area (Å²) in [6, 6.07) is 14.8. The van der Waals surface area contributed by atoms with Gasteiger partial charge in [0.05, 0.1) is 18.8 Å². The summed E-state index contributed by atoms with van der Waals surface area (Å²) in [5, 5.41) is 6.01. The standard InChI is InChI=1S/C26H34N2O3S/c1-19(2)18-31-24-11-7-6-10-23(24)25(29)28-26(32)27-21-12-14-22(15-13-21)30-17-16-20-8-4-3-5-9-20/h6-7,10-15,19-20H,3-5,8-9,16-18H2,1-2H3,(H2,27,28,29,32). The molecule has 1 saturated carbocycles. The highest BCUT2D eigenvalue weighted by Crippen LogP contribution is 2.26. The Kier molecular flexibility index (Phi) is 9.35. The summed E-state index contributed by atoms with van der Waals surface area (Å²) >= 11 is 5.32. The summed E-state index contributed by atoms with van der Waals surface area (Å²) in [5.41, 5.74) is 1.25. The van der Waals surface area contributed by atoms with Gasteiger partial charge in [0.25, 0.3) is 5.91 Å². The van der Waals surface area contributed by atoms with Crippen molar-refractivity contribution in [3.63, 3.8) is 0 Å².